The first-order valence-corrected chi connectivity index (χ1v) is 5.48. The fraction of sp³-hybridized carbons (Fsp3) is 0.300. The van der Waals surface area contributed by atoms with E-state index in [1.165, 1.54) is 24.3 Å². The molecule has 0 aliphatic rings. The Balaban J connectivity index is 2.86. The maximum Gasteiger partial charge on any atom is 0.321 e. The molecule has 0 saturated carbocycles. The Kier molecular flexibility index (Phi) is 4.01. The monoisotopic (exact) mass is 325 g/mol. The van der Waals surface area contributed by atoms with Gasteiger partial charge in [-0.25, -0.2) is 0 Å². The van der Waals surface area contributed by atoms with Gasteiger partial charge in [-0.15, -0.1) is 0 Å². The number of amides is 1. The molecule has 0 fully saturated rings. The number of hydrogen-bond donors (Lipinski definition) is 1. The summed E-state index contributed by atoms with van der Waals surface area (Å²) in [5, 5.41) is 2.59. The van der Waals surface area contributed by atoms with Crippen LogP contribution >= 0.6 is 22.6 Å². The zero-order valence-electron chi connectivity index (χ0n) is 8.06. The SMILES string of the molecule is CCNC(=O)c1ccc(C(F)(F)I)cc1. The highest BCUT2D eigenvalue weighted by Gasteiger charge is 2.26. The van der Waals surface area contributed by atoms with Gasteiger partial charge < -0.3 is 5.32 Å². The fourth-order valence-electron chi connectivity index (χ4n) is 1.07. The molecule has 82 valence electrons. The van der Waals surface area contributed by atoms with Crippen LogP contribution in [0.1, 0.15) is 22.8 Å². The average molecular weight is 325 g/mol. The number of hydrogen-bond acceptors (Lipinski definition) is 1. The number of rotatable bonds is 3. The smallest absolute Gasteiger partial charge is 0.321 e. The lowest BCUT2D eigenvalue weighted by Gasteiger charge is -2.09. The summed E-state index contributed by atoms with van der Waals surface area (Å²) in [6, 6.07) is 5.31. The number of alkyl halides is 3. The van der Waals surface area contributed by atoms with Crippen molar-refractivity contribution in [3.8, 4) is 0 Å². The van der Waals surface area contributed by atoms with Gasteiger partial charge in [-0.2, -0.15) is 8.78 Å². The molecule has 1 N–H and O–H groups in total. The van der Waals surface area contributed by atoms with Crippen LogP contribution in [0, 0.1) is 0 Å². The van der Waals surface area contributed by atoms with E-state index in [0.717, 1.165) is 22.6 Å². The number of carbonyl (C=O) groups excluding carboxylic acids is 1. The van der Waals surface area contributed by atoms with Crippen molar-refractivity contribution in [2.24, 2.45) is 0 Å². The van der Waals surface area contributed by atoms with Crippen LogP contribution < -0.4 is 5.32 Å². The van der Waals surface area contributed by atoms with Gasteiger partial charge in [0.25, 0.3) is 5.91 Å². The van der Waals surface area contributed by atoms with Gasteiger partial charge in [-0.3, -0.25) is 4.79 Å². The summed E-state index contributed by atoms with van der Waals surface area (Å²) in [6.45, 7) is 2.31. The van der Waals surface area contributed by atoms with E-state index in [1.54, 1.807) is 6.92 Å². The minimum atomic E-state index is -2.89. The molecular weight excluding hydrogens is 315 g/mol. The number of carbonyl (C=O) groups is 1. The van der Waals surface area contributed by atoms with Gasteiger partial charge in [-0.1, -0.05) is 12.1 Å². The summed E-state index contributed by atoms with van der Waals surface area (Å²) in [5.41, 5.74) is 0.289. The molecule has 0 saturated heterocycles. The third-order valence-electron chi connectivity index (χ3n) is 1.81. The van der Waals surface area contributed by atoms with Gasteiger partial charge >= 0.3 is 3.93 Å². The molecule has 0 radical (unpaired) electrons. The molecule has 1 aromatic rings. The van der Waals surface area contributed by atoms with Crippen LogP contribution in [-0.2, 0) is 3.93 Å². The number of nitrogens with one attached hydrogen (secondary N) is 1. The zero-order valence-corrected chi connectivity index (χ0v) is 10.2. The molecule has 15 heavy (non-hydrogen) atoms. The van der Waals surface area contributed by atoms with Crippen LogP contribution in [-0.4, -0.2) is 12.5 Å². The van der Waals surface area contributed by atoms with Crippen molar-refractivity contribution in [3.63, 3.8) is 0 Å². The van der Waals surface area contributed by atoms with Gasteiger partial charge in [0.05, 0.1) is 0 Å². The topological polar surface area (TPSA) is 29.1 Å². The Morgan fingerprint density at radius 2 is 1.93 bits per heavy atom. The molecule has 5 heteroatoms. The van der Waals surface area contributed by atoms with Crippen molar-refractivity contribution >= 4 is 28.5 Å². The van der Waals surface area contributed by atoms with E-state index < -0.39 is 3.93 Å². The Hall–Kier alpha value is -0.720. The van der Waals surface area contributed by atoms with E-state index in [2.05, 4.69) is 5.32 Å². The maximum absolute atomic E-state index is 12.8. The first-order valence-electron chi connectivity index (χ1n) is 4.40. The first-order chi connectivity index (χ1) is 6.95. The molecule has 0 unspecified atom stereocenters. The molecule has 0 spiro atoms. The van der Waals surface area contributed by atoms with E-state index in [-0.39, 0.29) is 11.5 Å². The Bertz CT molecular complexity index is 345. The molecule has 1 aromatic carbocycles. The van der Waals surface area contributed by atoms with E-state index >= 15 is 0 Å². The maximum atomic E-state index is 12.8. The quantitative estimate of drug-likeness (QED) is 0.672. The van der Waals surface area contributed by atoms with Gasteiger partial charge in [0, 0.05) is 40.3 Å². The van der Waals surface area contributed by atoms with E-state index in [1.807, 2.05) is 0 Å². The fourth-order valence-corrected chi connectivity index (χ4v) is 1.43. The highest BCUT2D eigenvalue weighted by atomic mass is 127. The Morgan fingerprint density at radius 1 is 1.40 bits per heavy atom. The predicted molar refractivity (Wildman–Crippen MR) is 62.4 cm³/mol. The first kappa shape index (κ1) is 12.4. The van der Waals surface area contributed by atoms with Gasteiger partial charge in [0.2, 0.25) is 0 Å². The second kappa shape index (κ2) is 4.87. The highest BCUT2D eigenvalue weighted by molar-refractivity contribution is 14.1. The minimum absolute atomic E-state index is 0.101. The molecule has 0 bridgehead atoms. The van der Waals surface area contributed by atoms with Crippen LogP contribution in [0.4, 0.5) is 8.78 Å². The summed E-state index contributed by atoms with van der Waals surface area (Å²) in [5.74, 6) is -0.249. The van der Waals surface area contributed by atoms with E-state index in [4.69, 9.17) is 0 Å². The molecule has 0 aromatic heterocycles. The molecule has 0 heterocycles. The molecule has 0 aliphatic carbocycles. The van der Waals surface area contributed by atoms with Crippen molar-refractivity contribution in [2.75, 3.05) is 6.54 Å². The molecular formula is C10H10F2INO. The van der Waals surface area contributed by atoms with Gasteiger partial charge in [0.15, 0.2) is 0 Å². The normalized spacial score (nSPS) is 11.2. The molecule has 0 aliphatic heterocycles. The lowest BCUT2D eigenvalue weighted by molar-refractivity contribution is 0.0955. The second-order valence-electron chi connectivity index (χ2n) is 2.93. The molecule has 2 nitrogen and oxygen atoms in total. The molecule has 0 atom stereocenters. The summed E-state index contributed by atoms with van der Waals surface area (Å²) in [7, 11) is 0. The van der Waals surface area contributed by atoms with Crippen LogP contribution in [0.3, 0.4) is 0 Å². The molecule has 1 amide bonds. The van der Waals surface area contributed by atoms with Crippen molar-refractivity contribution < 1.29 is 13.6 Å². The zero-order chi connectivity index (χ0) is 11.5. The van der Waals surface area contributed by atoms with Gasteiger partial charge in [0.1, 0.15) is 0 Å². The van der Waals surface area contributed by atoms with Crippen LogP contribution in [0.25, 0.3) is 0 Å². The third-order valence-corrected chi connectivity index (χ3v) is 2.43. The second-order valence-corrected chi connectivity index (χ2v) is 4.29. The standard InChI is InChI=1S/C10H10F2INO/c1-2-14-9(15)7-3-5-8(6-4-7)10(11,12)13/h3-6H,2H2,1H3,(H,14,15). The molecule has 1 rings (SSSR count). The van der Waals surface area contributed by atoms with Crippen molar-refractivity contribution in [1.29, 1.82) is 0 Å². The van der Waals surface area contributed by atoms with E-state index in [0.29, 0.717) is 12.1 Å². The summed E-state index contributed by atoms with van der Waals surface area (Å²) < 4.78 is 22.8. The average Bonchev–Trinajstić information content (AvgIpc) is 2.17. The lowest BCUT2D eigenvalue weighted by atomic mass is 10.1. The van der Waals surface area contributed by atoms with Crippen LogP contribution in [0.2, 0.25) is 0 Å². The van der Waals surface area contributed by atoms with Crippen LogP contribution in [0.5, 0.6) is 0 Å². The third kappa shape index (κ3) is 3.40. The van der Waals surface area contributed by atoms with Crippen molar-refractivity contribution in [1.82, 2.24) is 5.32 Å². The summed E-state index contributed by atoms with van der Waals surface area (Å²) in [4.78, 5) is 11.3. The van der Waals surface area contributed by atoms with E-state index in [9.17, 15) is 13.6 Å². The highest BCUT2D eigenvalue weighted by Crippen LogP contribution is 2.34. The van der Waals surface area contributed by atoms with Crippen molar-refractivity contribution in [2.45, 2.75) is 10.9 Å². The largest absolute Gasteiger partial charge is 0.352 e. The lowest BCUT2D eigenvalue weighted by Crippen LogP contribution is -2.22. The summed E-state index contributed by atoms with van der Waals surface area (Å²) in [6.07, 6.45) is 0. The Morgan fingerprint density at radius 3 is 2.33 bits per heavy atom. The predicted octanol–water partition coefficient (Wildman–Crippen LogP) is 2.92. The van der Waals surface area contributed by atoms with Crippen molar-refractivity contribution in [3.05, 3.63) is 35.4 Å². The minimum Gasteiger partial charge on any atom is -0.352 e. The van der Waals surface area contributed by atoms with Crippen LogP contribution in [0.15, 0.2) is 24.3 Å². The number of benzene rings is 1. The summed E-state index contributed by atoms with van der Waals surface area (Å²) >= 11 is 1.05. The number of halogens is 3. The van der Waals surface area contributed by atoms with Gasteiger partial charge in [-0.05, 0) is 19.1 Å². The Labute approximate surface area is 100 Å².